The van der Waals surface area contributed by atoms with E-state index in [1.165, 1.54) is 20.1 Å². The van der Waals surface area contributed by atoms with Crippen LogP contribution < -0.4 is 78.4 Å². The third kappa shape index (κ3) is 16.7. The molecule has 0 heterocycles. The molecule has 0 fully saturated rings. The molecular formula is C20H31KN5O11-. The van der Waals surface area contributed by atoms with E-state index in [2.05, 4.69) is 16.0 Å². The van der Waals surface area contributed by atoms with E-state index in [9.17, 15) is 38.4 Å². The second-order valence-electron chi connectivity index (χ2n) is 7.66. The fraction of sp³-hybridized carbons (Fsp3) is 0.550. The fourth-order valence-electron chi connectivity index (χ4n) is 2.71. The number of carbonyl (C=O) groups is 7. The van der Waals surface area contributed by atoms with Crippen molar-refractivity contribution < 1.29 is 105 Å². The number of hydrogen-bond donors (Lipinski definition) is 8. The Labute approximate surface area is 255 Å². The fourth-order valence-corrected chi connectivity index (χ4v) is 2.71. The second kappa shape index (κ2) is 19.5. The van der Waals surface area contributed by atoms with E-state index < -0.39 is 97.4 Å². The molecule has 4 atom stereocenters. The normalized spacial score (nSPS) is 13.2. The number of nitrogens with two attached hydrogens (primary N) is 1. The van der Waals surface area contributed by atoms with Gasteiger partial charge in [-0.3, -0.25) is 28.8 Å². The Morgan fingerprint density at radius 1 is 0.757 bits per heavy atom. The summed E-state index contributed by atoms with van der Waals surface area (Å²) in [7, 11) is 0. The monoisotopic (exact) mass is 556 g/mol. The van der Waals surface area contributed by atoms with Crippen molar-refractivity contribution in [3.05, 3.63) is 7.43 Å². The molecule has 0 bridgehead atoms. The summed E-state index contributed by atoms with van der Waals surface area (Å²) in [5.74, 6) is -7.93. The number of rotatable bonds is 16. The molecule has 5 amide bonds. The van der Waals surface area contributed by atoms with Crippen molar-refractivity contribution in [2.45, 2.75) is 63.7 Å². The van der Waals surface area contributed by atoms with Gasteiger partial charge in [-0.2, -0.15) is 0 Å². The number of carboxylic acids is 3. The summed E-state index contributed by atoms with van der Waals surface area (Å²) in [6, 6.07) is -7.33. The first-order valence-electron chi connectivity index (χ1n) is 10.2. The summed E-state index contributed by atoms with van der Waals surface area (Å²) < 4.78 is 0. The number of carboxylic acid groups (broad SMARTS) is 3. The van der Waals surface area contributed by atoms with Crippen molar-refractivity contribution in [1.82, 2.24) is 21.3 Å². The van der Waals surface area contributed by atoms with E-state index in [0.717, 1.165) is 0 Å². The molecule has 16 nitrogen and oxygen atoms in total. The van der Waals surface area contributed by atoms with E-state index in [-0.39, 0.29) is 58.8 Å². The van der Waals surface area contributed by atoms with Gasteiger partial charge in [0.25, 0.3) is 0 Å². The van der Waals surface area contributed by atoms with Crippen LogP contribution in [0.2, 0.25) is 0 Å². The molecule has 17 heteroatoms. The third-order valence-corrected chi connectivity index (χ3v) is 4.38. The van der Waals surface area contributed by atoms with Crippen molar-refractivity contribution in [2.24, 2.45) is 11.7 Å². The van der Waals surface area contributed by atoms with Crippen LogP contribution in [0.3, 0.4) is 0 Å². The standard InChI is InChI=1S/C19H28N5O11.CH3.K/c1-8(2)15(18(34)21-9(7-25)5-13(28)29)24-16(32)10(3-4-12(26)27)22-17(33)11(6-14(30)31)23-19(20)35;;/h8-11,15H,3-6H2,1-2H3,(H,21,34)(H,22,33)(H,24,32)(H,26,27)(H,28,29)(H,30,31)(H3,20,23,35);1H3;/q2*-1;+1. The van der Waals surface area contributed by atoms with E-state index in [1.54, 1.807) is 0 Å². The first-order chi connectivity index (χ1) is 16.2. The first kappa shape index (κ1) is 38.9. The number of urea groups is 1. The van der Waals surface area contributed by atoms with E-state index in [0.29, 0.717) is 0 Å². The van der Waals surface area contributed by atoms with Crippen molar-refractivity contribution in [3.8, 4) is 0 Å². The maximum absolute atomic E-state index is 12.8. The van der Waals surface area contributed by atoms with Crippen molar-refractivity contribution in [2.75, 3.05) is 0 Å². The molecule has 0 radical (unpaired) electrons. The van der Waals surface area contributed by atoms with Crippen LogP contribution in [-0.4, -0.2) is 87.4 Å². The number of primary amides is 1. The average Bonchev–Trinajstić information content (AvgIpc) is 2.71. The molecule has 37 heavy (non-hydrogen) atoms. The number of amides is 5. The molecule has 0 saturated heterocycles. The molecule has 0 aromatic heterocycles. The van der Waals surface area contributed by atoms with E-state index >= 15 is 0 Å². The Bertz CT molecular complexity index is 837. The molecule has 9 N–H and O–H groups in total. The zero-order valence-corrected chi connectivity index (χ0v) is 24.0. The molecule has 4 unspecified atom stereocenters. The van der Waals surface area contributed by atoms with Crippen molar-refractivity contribution in [3.63, 3.8) is 0 Å². The van der Waals surface area contributed by atoms with Gasteiger partial charge in [0.2, 0.25) is 17.7 Å². The van der Waals surface area contributed by atoms with Gasteiger partial charge in [0, 0.05) is 12.8 Å². The predicted octanol–water partition coefficient (Wildman–Crippen LogP) is -5.49. The summed E-state index contributed by atoms with van der Waals surface area (Å²) in [5, 5.41) is 35.0. The van der Waals surface area contributed by atoms with Crippen LogP contribution in [-0.2, 0) is 33.6 Å². The summed E-state index contributed by atoms with van der Waals surface area (Å²) in [4.78, 5) is 92.5. The Kier molecular flexibility index (Phi) is 20.5. The summed E-state index contributed by atoms with van der Waals surface area (Å²) in [6.07, 6.45) is -1.39. The van der Waals surface area contributed by atoms with Crippen LogP contribution >= 0.6 is 0 Å². The van der Waals surface area contributed by atoms with Crippen LogP contribution in [0.5, 0.6) is 0 Å². The van der Waals surface area contributed by atoms with Gasteiger partial charge in [-0.1, -0.05) is 19.9 Å². The maximum Gasteiger partial charge on any atom is 1.00 e. The summed E-state index contributed by atoms with van der Waals surface area (Å²) in [5.41, 5.74) is 4.92. The Morgan fingerprint density at radius 3 is 1.68 bits per heavy atom. The minimum Gasteiger partial charge on any atom is -0.540 e. The van der Waals surface area contributed by atoms with Crippen LogP contribution in [0.1, 0.15) is 39.5 Å². The van der Waals surface area contributed by atoms with Crippen molar-refractivity contribution >= 4 is 47.9 Å². The zero-order chi connectivity index (χ0) is 27.3. The Balaban J connectivity index is -0.00000578. The SMILES string of the molecule is CC(C)C(NC(=O)C(CCC(=O)O)NC(=O)C(CC(=O)O)NC(N)=O)C(=O)NC([C-]=O)CC(=O)O.[CH3-].[K+]. The molecule has 204 valence electrons. The molecular weight excluding hydrogens is 525 g/mol. The van der Waals surface area contributed by atoms with E-state index in [4.69, 9.17) is 21.1 Å². The smallest absolute Gasteiger partial charge is 0.540 e. The van der Waals surface area contributed by atoms with Gasteiger partial charge in [-0.05, 0) is 12.3 Å². The molecule has 0 aliphatic rings. The van der Waals surface area contributed by atoms with Gasteiger partial charge < -0.3 is 54.5 Å². The molecule has 0 saturated carbocycles. The van der Waals surface area contributed by atoms with Crippen LogP contribution in [0, 0.1) is 13.3 Å². The number of carbonyl (C=O) groups excluding carboxylic acids is 5. The number of hydrogen-bond acceptors (Lipinski definition) is 8. The second-order valence-corrected chi connectivity index (χ2v) is 7.66. The van der Waals surface area contributed by atoms with Gasteiger partial charge >= 0.3 is 75.3 Å². The zero-order valence-electron chi connectivity index (χ0n) is 20.9. The first-order valence-corrected chi connectivity index (χ1v) is 10.2. The number of nitrogens with one attached hydrogen (secondary N) is 4. The number of aliphatic carboxylic acids is 3. The average molecular weight is 557 g/mol. The molecule has 0 aromatic carbocycles. The van der Waals surface area contributed by atoms with Gasteiger partial charge in [0.15, 0.2) is 0 Å². The van der Waals surface area contributed by atoms with Crippen LogP contribution in [0.15, 0.2) is 0 Å². The topological polar surface area (TPSA) is 271 Å². The largest absolute Gasteiger partial charge is 1.00 e. The maximum atomic E-state index is 12.8. The Hall–Kier alpha value is -2.60. The quantitative estimate of drug-likeness (QED) is 0.0656. The van der Waals surface area contributed by atoms with E-state index in [1.807, 2.05) is 5.32 Å². The van der Waals surface area contributed by atoms with Crippen LogP contribution in [0.25, 0.3) is 0 Å². The molecule has 0 rings (SSSR count). The van der Waals surface area contributed by atoms with Gasteiger partial charge in [0.1, 0.15) is 18.1 Å². The molecule has 0 aromatic rings. The predicted molar refractivity (Wildman–Crippen MR) is 121 cm³/mol. The summed E-state index contributed by atoms with van der Waals surface area (Å²) in [6.45, 7) is 3.01. The van der Waals surface area contributed by atoms with Crippen molar-refractivity contribution in [1.29, 1.82) is 0 Å². The minimum atomic E-state index is -1.69. The van der Waals surface area contributed by atoms with Crippen LogP contribution in [0.4, 0.5) is 4.79 Å². The minimum absolute atomic E-state index is 0. The van der Waals surface area contributed by atoms with Gasteiger partial charge in [0.05, 0.1) is 6.42 Å². The van der Waals surface area contributed by atoms with Gasteiger partial charge in [-0.15, -0.1) is 0 Å². The third-order valence-electron chi connectivity index (χ3n) is 4.38. The molecule has 0 spiro atoms. The Morgan fingerprint density at radius 2 is 1.27 bits per heavy atom. The molecule has 0 aliphatic carbocycles. The molecule has 0 aliphatic heterocycles. The van der Waals surface area contributed by atoms with Gasteiger partial charge in [-0.25, -0.2) is 11.1 Å². The summed E-state index contributed by atoms with van der Waals surface area (Å²) >= 11 is 0.